The molecule has 0 spiro atoms. The molecule has 0 fully saturated rings. The number of nitrogens with one attached hydrogen (secondary N) is 2. The first-order valence-corrected chi connectivity index (χ1v) is 10.2. The smallest absolute Gasteiger partial charge is 0.240 e. The summed E-state index contributed by atoms with van der Waals surface area (Å²) in [7, 11) is -3.41. The number of sulfonamides is 1. The first kappa shape index (κ1) is 18.5. The van der Waals surface area contributed by atoms with Crippen LogP contribution in [0.4, 0.5) is 0 Å². The Kier molecular flexibility index (Phi) is 8.33. The minimum atomic E-state index is -3.41. The molecular weight excluding hydrogens is 304 g/mol. The largest absolute Gasteiger partial charge is 0.313 e. The summed E-state index contributed by atoms with van der Waals surface area (Å²) in [5.41, 5.74) is 1.10. The molecule has 0 aliphatic heterocycles. The first-order chi connectivity index (χ1) is 9.99. The summed E-state index contributed by atoms with van der Waals surface area (Å²) in [4.78, 5) is 0.331. The first-order valence-electron chi connectivity index (χ1n) is 7.30. The van der Waals surface area contributed by atoms with E-state index in [1.165, 1.54) is 0 Å². The summed E-state index contributed by atoms with van der Waals surface area (Å²) in [6, 6.07) is 7.03. The van der Waals surface area contributed by atoms with Crippen LogP contribution in [0.2, 0.25) is 0 Å². The SMILES string of the molecule is CCCNCc1ccc(S(=O)(=O)NC(C)CCSC)cc1. The summed E-state index contributed by atoms with van der Waals surface area (Å²) >= 11 is 1.72. The molecule has 0 radical (unpaired) electrons. The highest BCUT2D eigenvalue weighted by Gasteiger charge is 2.16. The van der Waals surface area contributed by atoms with Crippen molar-refractivity contribution < 1.29 is 8.42 Å². The lowest BCUT2D eigenvalue weighted by molar-refractivity contribution is 0.557. The standard InChI is InChI=1S/C15H26N2O2S2/c1-4-10-16-12-14-5-7-15(8-6-14)21(18,19)17-13(2)9-11-20-3/h5-8,13,16-17H,4,9-12H2,1-3H3. The number of hydrogen-bond donors (Lipinski definition) is 2. The Labute approximate surface area is 133 Å². The monoisotopic (exact) mass is 330 g/mol. The van der Waals surface area contributed by atoms with E-state index in [-0.39, 0.29) is 6.04 Å². The lowest BCUT2D eigenvalue weighted by atomic mass is 10.2. The van der Waals surface area contributed by atoms with Crippen molar-refractivity contribution in [3.05, 3.63) is 29.8 Å². The quantitative estimate of drug-likeness (QED) is 0.648. The number of rotatable bonds is 10. The van der Waals surface area contributed by atoms with Gasteiger partial charge in [0, 0.05) is 12.6 Å². The van der Waals surface area contributed by atoms with E-state index >= 15 is 0 Å². The van der Waals surface area contributed by atoms with Crippen LogP contribution in [0.5, 0.6) is 0 Å². The third-order valence-corrected chi connectivity index (χ3v) is 5.35. The Morgan fingerprint density at radius 2 is 1.90 bits per heavy atom. The molecule has 1 aromatic carbocycles. The molecule has 0 heterocycles. The molecular formula is C15H26N2O2S2. The molecule has 2 N–H and O–H groups in total. The highest BCUT2D eigenvalue weighted by atomic mass is 32.2. The van der Waals surface area contributed by atoms with Gasteiger partial charge in [0.1, 0.15) is 0 Å². The molecule has 0 saturated heterocycles. The third-order valence-electron chi connectivity index (χ3n) is 3.10. The fourth-order valence-electron chi connectivity index (χ4n) is 1.88. The van der Waals surface area contributed by atoms with Gasteiger partial charge in [-0.05, 0) is 56.0 Å². The van der Waals surface area contributed by atoms with Gasteiger partial charge in [0.05, 0.1) is 4.90 Å². The normalized spacial score (nSPS) is 13.3. The van der Waals surface area contributed by atoms with Crippen molar-refractivity contribution in [2.24, 2.45) is 0 Å². The predicted molar refractivity (Wildman–Crippen MR) is 91.2 cm³/mol. The van der Waals surface area contributed by atoms with Crippen LogP contribution in [-0.4, -0.2) is 33.0 Å². The van der Waals surface area contributed by atoms with E-state index in [4.69, 9.17) is 0 Å². The summed E-state index contributed by atoms with van der Waals surface area (Å²) in [5, 5.41) is 3.30. The zero-order chi connectivity index (χ0) is 15.7. The van der Waals surface area contributed by atoms with Gasteiger partial charge in [0.25, 0.3) is 0 Å². The Hall–Kier alpha value is -0.560. The van der Waals surface area contributed by atoms with Gasteiger partial charge in [-0.3, -0.25) is 0 Å². The molecule has 0 saturated carbocycles. The van der Waals surface area contributed by atoms with E-state index < -0.39 is 10.0 Å². The van der Waals surface area contributed by atoms with Crippen LogP contribution < -0.4 is 10.0 Å². The van der Waals surface area contributed by atoms with Crippen molar-refractivity contribution in [2.45, 2.75) is 44.2 Å². The lowest BCUT2D eigenvalue weighted by Gasteiger charge is -2.14. The summed E-state index contributed by atoms with van der Waals surface area (Å²) in [6.07, 6.45) is 3.94. The zero-order valence-corrected chi connectivity index (χ0v) is 14.7. The van der Waals surface area contributed by atoms with Crippen LogP contribution in [0.3, 0.4) is 0 Å². The molecule has 1 atom stereocenters. The summed E-state index contributed by atoms with van der Waals surface area (Å²) in [5.74, 6) is 0.950. The van der Waals surface area contributed by atoms with Crippen molar-refractivity contribution >= 4 is 21.8 Å². The van der Waals surface area contributed by atoms with Gasteiger partial charge in [-0.2, -0.15) is 11.8 Å². The van der Waals surface area contributed by atoms with Gasteiger partial charge in [-0.15, -0.1) is 0 Å². The van der Waals surface area contributed by atoms with Crippen molar-refractivity contribution in [2.75, 3.05) is 18.6 Å². The number of hydrogen-bond acceptors (Lipinski definition) is 4. The molecule has 0 amide bonds. The van der Waals surface area contributed by atoms with Crippen LogP contribution in [-0.2, 0) is 16.6 Å². The molecule has 21 heavy (non-hydrogen) atoms. The van der Waals surface area contributed by atoms with E-state index in [0.29, 0.717) is 4.90 Å². The van der Waals surface area contributed by atoms with Crippen LogP contribution in [0.15, 0.2) is 29.2 Å². The average molecular weight is 331 g/mol. The van der Waals surface area contributed by atoms with E-state index in [2.05, 4.69) is 17.0 Å². The van der Waals surface area contributed by atoms with Crippen molar-refractivity contribution in [3.8, 4) is 0 Å². The second-order valence-corrected chi connectivity index (χ2v) is 7.82. The van der Waals surface area contributed by atoms with Crippen LogP contribution in [0, 0.1) is 0 Å². The Balaban J connectivity index is 2.62. The lowest BCUT2D eigenvalue weighted by Crippen LogP contribution is -2.33. The van der Waals surface area contributed by atoms with Gasteiger partial charge < -0.3 is 5.32 Å². The van der Waals surface area contributed by atoms with E-state index in [1.807, 2.05) is 25.3 Å². The molecule has 1 unspecified atom stereocenters. The van der Waals surface area contributed by atoms with Crippen molar-refractivity contribution in [1.29, 1.82) is 0 Å². The second kappa shape index (κ2) is 9.46. The van der Waals surface area contributed by atoms with E-state index in [9.17, 15) is 8.42 Å². The van der Waals surface area contributed by atoms with Gasteiger partial charge in [0.15, 0.2) is 0 Å². The minimum Gasteiger partial charge on any atom is -0.313 e. The minimum absolute atomic E-state index is 0.0478. The number of benzene rings is 1. The van der Waals surface area contributed by atoms with Gasteiger partial charge in [0.2, 0.25) is 10.0 Å². The molecule has 1 aromatic rings. The number of thioether (sulfide) groups is 1. The molecule has 0 bridgehead atoms. The molecule has 0 aliphatic rings. The Morgan fingerprint density at radius 1 is 1.24 bits per heavy atom. The average Bonchev–Trinajstić information content (AvgIpc) is 2.45. The van der Waals surface area contributed by atoms with Crippen LogP contribution >= 0.6 is 11.8 Å². The van der Waals surface area contributed by atoms with Gasteiger partial charge in [-0.25, -0.2) is 13.1 Å². The zero-order valence-electron chi connectivity index (χ0n) is 13.1. The molecule has 6 heteroatoms. The van der Waals surface area contributed by atoms with Gasteiger partial charge >= 0.3 is 0 Å². The highest BCUT2D eigenvalue weighted by molar-refractivity contribution is 7.98. The molecule has 0 aromatic heterocycles. The van der Waals surface area contributed by atoms with Crippen molar-refractivity contribution in [3.63, 3.8) is 0 Å². The van der Waals surface area contributed by atoms with E-state index in [1.54, 1.807) is 23.9 Å². The molecule has 4 nitrogen and oxygen atoms in total. The predicted octanol–water partition coefficient (Wildman–Crippen LogP) is 2.61. The van der Waals surface area contributed by atoms with Gasteiger partial charge in [-0.1, -0.05) is 19.1 Å². The summed E-state index contributed by atoms with van der Waals surface area (Å²) in [6.45, 7) is 5.75. The maximum atomic E-state index is 12.2. The topological polar surface area (TPSA) is 58.2 Å². The van der Waals surface area contributed by atoms with Crippen molar-refractivity contribution in [1.82, 2.24) is 10.0 Å². The summed E-state index contributed by atoms with van der Waals surface area (Å²) < 4.78 is 27.2. The van der Waals surface area contributed by atoms with Crippen LogP contribution in [0.1, 0.15) is 32.3 Å². The van der Waals surface area contributed by atoms with E-state index in [0.717, 1.165) is 37.2 Å². The fraction of sp³-hybridized carbons (Fsp3) is 0.600. The molecule has 120 valence electrons. The molecule has 0 aliphatic carbocycles. The molecule has 1 rings (SSSR count). The maximum absolute atomic E-state index is 12.2. The Bertz CT molecular complexity index is 501. The fourth-order valence-corrected chi connectivity index (χ4v) is 3.75. The van der Waals surface area contributed by atoms with Crippen LogP contribution in [0.25, 0.3) is 0 Å². The Morgan fingerprint density at radius 3 is 2.48 bits per heavy atom. The maximum Gasteiger partial charge on any atom is 0.240 e. The second-order valence-electron chi connectivity index (χ2n) is 5.12. The highest BCUT2D eigenvalue weighted by Crippen LogP contribution is 2.12. The third kappa shape index (κ3) is 6.82.